The third kappa shape index (κ3) is 3.25. The first kappa shape index (κ1) is 17.1. The van der Waals surface area contributed by atoms with Crippen LogP contribution in [0.1, 0.15) is 18.2 Å². The van der Waals surface area contributed by atoms with Gasteiger partial charge in [0, 0.05) is 30.5 Å². The van der Waals surface area contributed by atoms with Crippen molar-refractivity contribution in [3.8, 4) is 17.2 Å². The van der Waals surface area contributed by atoms with Gasteiger partial charge < -0.3 is 14.2 Å². The molecule has 0 saturated carbocycles. The van der Waals surface area contributed by atoms with Gasteiger partial charge in [-0.05, 0) is 36.4 Å². The number of rotatable bonds is 4. The van der Waals surface area contributed by atoms with Crippen LogP contribution in [-0.2, 0) is 4.79 Å². The van der Waals surface area contributed by atoms with E-state index in [2.05, 4.69) is 10.1 Å². The molecule has 27 heavy (non-hydrogen) atoms. The zero-order valence-electron chi connectivity index (χ0n) is 14.4. The number of benzene rings is 2. The Kier molecular flexibility index (Phi) is 4.31. The molecule has 0 bridgehead atoms. The summed E-state index contributed by atoms with van der Waals surface area (Å²) in [5.74, 6) is -0.575. The third-order valence-electron chi connectivity index (χ3n) is 4.47. The van der Waals surface area contributed by atoms with Crippen LogP contribution in [0, 0.1) is 11.6 Å². The Morgan fingerprint density at radius 1 is 1.19 bits per heavy atom. The smallest absolute Gasteiger partial charge is 0.257 e. The second-order valence-corrected chi connectivity index (χ2v) is 6.19. The van der Waals surface area contributed by atoms with Gasteiger partial charge in [-0.3, -0.25) is 4.79 Å². The van der Waals surface area contributed by atoms with Gasteiger partial charge in [0.05, 0.1) is 12.8 Å². The van der Waals surface area contributed by atoms with E-state index in [4.69, 9.17) is 9.26 Å². The Morgan fingerprint density at radius 3 is 2.70 bits per heavy atom. The number of ether oxygens (including phenoxy) is 1. The number of hydrogen-bond acceptors (Lipinski definition) is 5. The minimum absolute atomic E-state index is 0.0821. The lowest BCUT2D eigenvalue weighted by molar-refractivity contribution is -0.117. The van der Waals surface area contributed by atoms with Gasteiger partial charge in [0.15, 0.2) is 5.82 Å². The fourth-order valence-corrected chi connectivity index (χ4v) is 3.06. The maximum atomic E-state index is 14.0. The van der Waals surface area contributed by atoms with E-state index in [0.29, 0.717) is 23.0 Å². The Morgan fingerprint density at radius 2 is 1.96 bits per heavy atom. The summed E-state index contributed by atoms with van der Waals surface area (Å²) in [5.41, 5.74) is 0.633. The molecule has 6 nitrogen and oxygen atoms in total. The zero-order chi connectivity index (χ0) is 19.0. The molecule has 0 aliphatic carbocycles. The summed E-state index contributed by atoms with van der Waals surface area (Å²) in [6.45, 7) is 0.154. The van der Waals surface area contributed by atoms with Crippen LogP contribution in [0.15, 0.2) is 47.0 Å². The van der Waals surface area contributed by atoms with Crippen molar-refractivity contribution >= 4 is 11.6 Å². The minimum Gasteiger partial charge on any atom is -0.497 e. The maximum Gasteiger partial charge on any atom is 0.257 e. The molecule has 138 valence electrons. The highest BCUT2D eigenvalue weighted by Gasteiger charge is 2.36. The highest BCUT2D eigenvalue weighted by Crippen LogP contribution is 2.33. The van der Waals surface area contributed by atoms with Crippen molar-refractivity contribution < 1.29 is 22.8 Å². The summed E-state index contributed by atoms with van der Waals surface area (Å²) in [4.78, 5) is 17.9. The van der Waals surface area contributed by atoms with E-state index in [1.165, 1.54) is 4.90 Å². The summed E-state index contributed by atoms with van der Waals surface area (Å²) < 4.78 is 37.8. The van der Waals surface area contributed by atoms with E-state index in [-0.39, 0.29) is 30.5 Å². The molecule has 0 N–H and O–H groups in total. The normalized spacial score (nSPS) is 16.8. The van der Waals surface area contributed by atoms with Gasteiger partial charge in [-0.25, -0.2) is 8.78 Å². The topological polar surface area (TPSA) is 68.5 Å². The van der Waals surface area contributed by atoms with E-state index < -0.39 is 11.6 Å². The molecule has 4 rings (SSSR count). The minimum atomic E-state index is -0.655. The lowest BCUT2D eigenvalue weighted by Crippen LogP contribution is -2.25. The molecule has 1 unspecified atom stereocenters. The summed E-state index contributed by atoms with van der Waals surface area (Å²) in [6, 6.07) is 10.1. The van der Waals surface area contributed by atoms with Crippen molar-refractivity contribution in [3.05, 3.63) is 59.9 Å². The summed E-state index contributed by atoms with van der Waals surface area (Å²) in [5, 5.41) is 3.96. The number of carbonyl (C=O) groups excluding carboxylic acids is 1. The average Bonchev–Trinajstić information content (AvgIpc) is 3.31. The highest BCUT2D eigenvalue weighted by molar-refractivity contribution is 5.96. The van der Waals surface area contributed by atoms with Crippen molar-refractivity contribution in [2.75, 3.05) is 18.6 Å². The lowest BCUT2D eigenvalue weighted by Gasteiger charge is -2.16. The highest BCUT2D eigenvalue weighted by atomic mass is 19.1. The monoisotopic (exact) mass is 371 g/mol. The van der Waals surface area contributed by atoms with Crippen LogP contribution in [0.2, 0.25) is 0 Å². The van der Waals surface area contributed by atoms with Gasteiger partial charge in [0.25, 0.3) is 5.89 Å². The molecule has 8 heteroatoms. The Bertz CT molecular complexity index is 988. The van der Waals surface area contributed by atoms with Crippen LogP contribution < -0.4 is 9.64 Å². The molecule has 1 saturated heterocycles. The van der Waals surface area contributed by atoms with Gasteiger partial charge in [-0.2, -0.15) is 4.98 Å². The van der Waals surface area contributed by atoms with Crippen LogP contribution in [0.25, 0.3) is 11.5 Å². The number of hydrogen-bond donors (Lipinski definition) is 0. The number of methoxy groups -OCH3 is 1. The SMILES string of the molecule is COc1ccc(-c2nc(C3CC(=O)N(c4cc(F)ccc4F)C3)no2)cc1. The zero-order valence-corrected chi connectivity index (χ0v) is 14.4. The van der Waals surface area contributed by atoms with Crippen LogP contribution in [-0.4, -0.2) is 29.7 Å². The molecule has 1 aromatic heterocycles. The molecule has 1 fully saturated rings. The fraction of sp³-hybridized carbons (Fsp3) is 0.211. The predicted octanol–water partition coefficient (Wildman–Crippen LogP) is 3.54. The Hall–Kier alpha value is -3.29. The molecule has 1 atom stereocenters. The molecule has 3 aromatic rings. The van der Waals surface area contributed by atoms with Crippen LogP contribution >= 0.6 is 0 Å². The molecule has 0 radical (unpaired) electrons. The molecule has 2 heterocycles. The summed E-state index contributed by atoms with van der Waals surface area (Å²) in [6.07, 6.45) is 0.0948. The van der Waals surface area contributed by atoms with Crippen LogP contribution in [0.5, 0.6) is 5.75 Å². The van der Waals surface area contributed by atoms with E-state index in [1.807, 2.05) is 0 Å². The standard InChI is InChI=1S/C19H15F2N3O3/c1-26-14-5-2-11(3-6-14)19-22-18(23-27-19)12-8-17(25)24(10-12)16-9-13(20)4-7-15(16)21/h2-7,9,12H,8,10H2,1H3. The maximum absolute atomic E-state index is 14.0. The first-order valence-electron chi connectivity index (χ1n) is 8.28. The molecule has 2 aromatic carbocycles. The molecule has 0 spiro atoms. The second-order valence-electron chi connectivity index (χ2n) is 6.19. The van der Waals surface area contributed by atoms with Gasteiger partial charge in [0.2, 0.25) is 5.91 Å². The van der Waals surface area contributed by atoms with E-state index in [0.717, 1.165) is 18.2 Å². The fourth-order valence-electron chi connectivity index (χ4n) is 3.06. The van der Waals surface area contributed by atoms with Gasteiger partial charge in [-0.1, -0.05) is 5.16 Å². The van der Waals surface area contributed by atoms with Gasteiger partial charge >= 0.3 is 0 Å². The van der Waals surface area contributed by atoms with E-state index in [9.17, 15) is 13.6 Å². The van der Waals surface area contributed by atoms with E-state index >= 15 is 0 Å². The van der Waals surface area contributed by atoms with Crippen molar-refractivity contribution in [3.63, 3.8) is 0 Å². The lowest BCUT2D eigenvalue weighted by atomic mass is 10.1. The largest absolute Gasteiger partial charge is 0.497 e. The third-order valence-corrected chi connectivity index (χ3v) is 4.47. The molecule has 1 aliphatic heterocycles. The average molecular weight is 371 g/mol. The second kappa shape index (κ2) is 6.79. The van der Waals surface area contributed by atoms with Crippen molar-refractivity contribution in [2.24, 2.45) is 0 Å². The van der Waals surface area contributed by atoms with E-state index in [1.54, 1.807) is 31.4 Å². The number of anilines is 1. The first-order valence-corrected chi connectivity index (χ1v) is 8.28. The van der Waals surface area contributed by atoms with Crippen molar-refractivity contribution in [2.45, 2.75) is 12.3 Å². The van der Waals surface area contributed by atoms with Crippen LogP contribution in [0.4, 0.5) is 14.5 Å². The molecule has 1 aliphatic rings. The molecular weight excluding hydrogens is 356 g/mol. The number of aromatic nitrogens is 2. The van der Waals surface area contributed by atoms with Crippen LogP contribution in [0.3, 0.4) is 0 Å². The Labute approximate surface area is 153 Å². The summed E-state index contributed by atoms with van der Waals surface area (Å²) in [7, 11) is 1.57. The number of halogens is 2. The number of amides is 1. The predicted molar refractivity (Wildman–Crippen MR) is 92.4 cm³/mol. The van der Waals surface area contributed by atoms with Crippen molar-refractivity contribution in [1.82, 2.24) is 10.1 Å². The summed E-state index contributed by atoms with van der Waals surface area (Å²) >= 11 is 0. The Balaban J connectivity index is 1.56. The van der Waals surface area contributed by atoms with Gasteiger partial charge in [-0.15, -0.1) is 0 Å². The molecule has 1 amide bonds. The van der Waals surface area contributed by atoms with Gasteiger partial charge in [0.1, 0.15) is 17.4 Å². The molecular formula is C19H15F2N3O3. The van der Waals surface area contributed by atoms with Crippen molar-refractivity contribution in [1.29, 1.82) is 0 Å². The first-order chi connectivity index (χ1) is 13.0. The number of nitrogens with zero attached hydrogens (tertiary/aromatic N) is 3. The quantitative estimate of drug-likeness (QED) is 0.702. The number of carbonyl (C=O) groups is 1.